The Labute approximate surface area is 193 Å². The van der Waals surface area contributed by atoms with E-state index in [0.29, 0.717) is 17.9 Å². The van der Waals surface area contributed by atoms with Crippen LogP contribution in [0.3, 0.4) is 0 Å². The molecule has 3 nitrogen and oxygen atoms in total. The van der Waals surface area contributed by atoms with Crippen molar-refractivity contribution in [1.82, 2.24) is 9.96 Å². The third kappa shape index (κ3) is 4.04. The average Bonchev–Trinajstić information content (AvgIpc) is 3.36. The fraction of sp³-hybridized carbons (Fsp3) is 0.586. The second kappa shape index (κ2) is 8.93. The van der Waals surface area contributed by atoms with Crippen molar-refractivity contribution in [2.45, 2.75) is 74.8 Å². The van der Waals surface area contributed by atoms with Crippen LogP contribution >= 0.6 is 0 Å². The number of piperidine rings is 1. The van der Waals surface area contributed by atoms with Crippen molar-refractivity contribution in [2.75, 3.05) is 26.2 Å². The SMILES string of the molecule is c1ccc(C2CCN(C[C@@H]3[C@@H](c4ccccc4)CN4OC5(CCCCC5)C[C@@H]34)CC2)cc1. The van der Waals surface area contributed by atoms with E-state index in [1.165, 1.54) is 82.1 Å². The van der Waals surface area contributed by atoms with E-state index in [1.54, 1.807) is 0 Å². The van der Waals surface area contributed by atoms with Crippen LogP contribution in [-0.4, -0.2) is 47.8 Å². The summed E-state index contributed by atoms with van der Waals surface area (Å²) in [5, 5.41) is 2.43. The number of hydroxylamine groups is 2. The Morgan fingerprint density at radius 1 is 0.812 bits per heavy atom. The quantitative estimate of drug-likeness (QED) is 0.593. The van der Waals surface area contributed by atoms with E-state index in [9.17, 15) is 0 Å². The fourth-order valence-corrected chi connectivity index (χ4v) is 7.24. The summed E-state index contributed by atoms with van der Waals surface area (Å²) in [7, 11) is 0. The minimum absolute atomic E-state index is 0.156. The molecule has 0 radical (unpaired) electrons. The Hall–Kier alpha value is -1.68. The van der Waals surface area contributed by atoms with E-state index in [2.05, 4.69) is 70.6 Å². The van der Waals surface area contributed by atoms with Crippen molar-refractivity contribution >= 4 is 0 Å². The number of hydrogen-bond acceptors (Lipinski definition) is 3. The molecule has 0 amide bonds. The Morgan fingerprint density at radius 2 is 1.47 bits per heavy atom. The van der Waals surface area contributed by atoms with Crippen LogP contribution in [0.4, 0.5) is 0 Å². The van der Waals surface area contributed by atoms with E-state index in [4.69, 9.17) is 4.84 Å². The standard InChI is InChI=1S/C29H38N2O/c1-4-10-23(11-5-1)24-14-18-30(19-15-24)21-27-26(25-12-6-2-7-13-25)22-31-28(27)20-29(32-31)16-8-3-9-17-29/h1-2,4-7,10-13,24,26-28H,3,8-9,14-22H2/t26-,27-,28+/m1/s1. The molecule has 6 rings (SSSR count). The molecule has 3 heteroatoms. The predicted molar refractivity (Wildman–Crippen MR) is 130 cm³/mol. The van der Waals surface area contributed by atoms with Gasteiger partial charge in [0.25, 0.3) is 0 Å². The van der Waals surface area contributed by atoms with Gasteiger partial charge in [-0.1, -0.05) is 79.9 Å². The zero-order chi connectivity index (χ0) is 21.4. The topological polar surface area (TPSA) is 15.7 Å². The smallest absolute Gasteiger partial charge is 0.0915 e. The molecule has 0 unspecified atom stereocenters. The summed E-state index contributed by atoms with van der Waals surface area (Å²) in [6.45, 7) is 4.76. The Bertz CT molecular complexity index is 871. The van der Waals surface area contributed by atoms with Gasteiger partial charge in [-0.05, 0) is 68.2 Å². The average molecular weight is 431 g/mol. The zero-order valence-corrected chi connectivity index (χ0v) is 19.4. The van der Waals surface area contributed by atoms with Gasteiger partial charge in [0, 0.05) is 25.0 Å². The minimum atomic E-state index is 0.156. The Balaban J connectivity index is 1.17. The molecule has 3 aliphatic heterocycles. The maximum Gasteiger partial charge on any atom is 0.0915 e. The molecule has 0 bridgehead atoms. The van der Waals surface area contributed by atoms with Crippen molar-refractivity contribution in [3.63, 3.8) is 0 Å². The second-order valence-electron chi connectivity index (χ2n) is 10.9. The molecule has 0 N–H and O–H groups in total. The zero-order valence-electron chi connectivity index (χ0n) is 19.4. The summed E-state index contributed by atoms with van der Waals surface area (Å²) in [4.78, 5) is 9.55. The first-order valence-electron chi connectivity index (χ1n) is 13.1. The molecule has 32 heavy (non-hydrogen) atoms. The van der Waals surface area contributed by atoms with Crippen LogP contribution in [0.25, 0.3) is 0 Å². The summed E-state index contributed by atoms with van der Waals surface area (Å²) in [5.74, 6) is 2.00. The summed E-state index contributed by atoms with van der Waals surface area (Å²) >= 11 is 0. The van der Waals surface area contributed by atoms with Gasteiger partial charge in [0.15, 0.2) is 0 Å². The first kappa shape index (κ1) is 20.9. The van der Waals surface area contributed by atoms with E-state index < -0.39 is 0 Å². The first-order chi connectivity index (χ1) is 15.8. The molecule has 3 atom stereocenters. The summed E-state index contributed by atoms with van der Waals surface area (Å²) in [6.07, 6.45) is 10.5. The van der Waals surface area contributed by atoms with Gasteiger partial charge in [-0.15, -0.1) is 0 Å². The molecule has 170 valence electrons. The predicted octanol–water partition coefficient (Wildman–Crippen LogP) is 5.99. The van der Waals surface area contributed by atoms with Gasteiger partial charge in [0.05, 0.1) is 5.60 Å². The fourth-order valence-electron chi connectivity index (χ4n) is 7.24. The Kier molecular flexibility index (Phi) is 5.83. The number of nitrogens with zero attached hydrogens (tertiary/aromatic N) is 2. The van der Waals surface area contributed by atoms with Gasteiger partial charge in [-0.2, -0.15) is 5.06 Å². The van der Waals surface area contributed by atoms with E-state index in [-0.39, 0.29) is 5.60 Å². The number of rotatable bonds is 4. The van der Waals surface area contributed by atoms with Gasteiger partial charge >= 0.3 is 0 Å². The normalized spacial score (nSPS) is 31.2. The lowest BCUT2D eigenvalue weighted by atomic mass is 9.76. The molecule has 3 saturated heterocycles. The maximum absolute atomic E-state index is 6.77. The number of likely N-dealkylation sites (tertiary alicyclic amines) is 1. The van der Waals surface area contributed by atoms with Crippen LogP contribution in [0, 0.1) is 5.92 Å². The lowest BCUT2D eigenvalue weighted by molar-refractivity contribution is -0.205. The second-order valence-corrected chi connectivity index (χ2v) is 10.9. The van der Waals surface area contributed by atoms with Crippen molar-refractivity contribution < 1.29 is 4.84 Å². The molecular formula is C29H38N2O. The highest BCUT2D eigenvalue weighted by atomic mass is 16.7. The van der Waals surface area contributed by atoms with Gasteiger partial charge in [-0.25, -0.2) is 0 Å². The lowest BCUT2D eigenvalue weighted by Crippen LogP contribution is -2.41. The van der Waals surface area contributed by atoms with Gasteiger partial charge in [0.1, 0.15) is 0 Å². The number of hydrogen-bond donors (Lipinski definition) is 0. The molecule has 2 aromatic carbocycles. The van der Waals surface area contributed by atoms with Crippen LogP contribution in [0.2, 0.25) is 0 Å². The molecule has 4 aliphatic rings. The van der Waals surface area contributed by atoms with E-state index >= 15 is 0 Å². The number of benzene rings is 2. The third-order valence-electron chi connectivity index (χ3n) is 8.97. The van der Waals surface area contributed by atoms with Crippen LogP contribution in [-0.2, 0) is 4.84 Å². The van der Waals surface area contributed by atoms with Crippen LogP contribution in [0.5, 0.6) is 0 Å². The van der Waals surface area contributed by atoms with Crippen molar-refractivity contribution in [2.24, 2.45) is 5.92 Å². The minimum Gasteiger partial charge on any atom is -0.303 e. The molecule has 2 aromatic rings. The highest BCUT2D eigenvalue weighted by molar-refractivity contribution is 5.24. The van der Waals surface area contributed by atoms with Gasteiger partial charge in [-0.3, -0.25) is 4.84 Å². The molecule has 3 heterocycles. The molecular weight excluding hydrogens is 392 g/mol. The molecule has 4 fully saturated rings. The highest BCUT2D eigenvalue weighted by Gasteiger charge is 2.54. The van der Waals surface area contributed by atoms with Gasteiger partial charge < -0.3 is 4.90 Å². The monoisotopic (exact) mass is 430 g/mol. The molecule has 1 spiro atoms. The summed E-state index contributed by atoms with van der Waals surface area (Å²) < 4.78 is 0. The highest BCUT2D eigenvalue weighted by Crippen LogP contribution is 2.51. The largest absolute Gasteiger partial charge is 0.303 e. The molecule has 1 saturated carbocycles. The summed E-state index contributed by atoms with van der Waals surface area (Å²) in [6, 6.07) is 23.0. The first-order valence-corrected chi connectivity index (χ1v) is 13.1. The van der Waals surface area contributed by atoms with E-state index in [1.807, 2.05) is 0 Å². The lowest BCUT2D eigenvalue weighted by Gasteiger charge is -2.37. The maximum atomic E-state index is 6.77. The molecule has 0 aromatic heterocycles. The third-order valence-corrected chi connectivity index (χ3v) is 8.97. The summed E-state index contributed by atoms with van der Waals surface area (Å²) in [5.41, 5.74) is 3.19. The van der Waals surface area contributed by atoms with Crippen LogP contribution in [0.15, 0.2) is 60.7 Å². The van der Waals surface area contributed by atoms with Crippen molar-refractivity contribution in [3.8, 4) is 0 Å². The van der Waals surface area contributed by atoms with Crippen LogP contribution < -0.4 is 0 Å². The van der Waals surface area contributed by atoms with Crippen LogP contribution in [0.1, 0.15) is 74.3 Å². The van der Waals surface area contributed by atoms with Crippen molar-refractivity contribution in [1.29, 1.82) is 0 Å². The van der Waals surface area contributed by atoms with E-state index in [0.717, 1.165) is 12.5 Å². The number of fused-ring (bicyclic) bond motifs is 1. The Morgan fingerprint density at radius 3 is 2.16 bits per heavy atom. The molecule has 1 aliphatic carbocycles. The van der Waals surface area contributed by atoms with Gasteiger partial charge in [0.2, 0.25) is 0 Å². The van der Waals surface area contributed by atoms with Crippen molar-refractivity contribution in [3.05, 3.63) is 71.8 Å².